The fraction of sp³-hybridized carbons (Fsp3) is 0.162. The molecule has 0 fully saturated rings. The maximum absolute atomic E-state index is 14.7. The Morgan fingerprint density at radius 3 is 0.925 bits per heavy atom. The lowest BCUT2D eigenvalue weighted by molar-refractivity contribution is 0.0898. The van der Waals surface area contributed by atoms with Crippen LogP contribution < -0.4 is 44.4 Å². The van der Waals surface area contributed by atoms with Crippen molar-refractivity contribution in [1.29, 1.82) is 0 Å². The summed E-state index contributed by atoms with van der Waals surface area (Å²) >= 11 is 0. The van der Waals surface area contributed by atoms with Gasteiger partial charge in [-0.2, -0.15) is 0 Å². The number of benzene rings is 9. The summed E-state index contributed by atoms with van der Waals surface area (Å²) in [6, 6.07) is 73.4. The van der Waals surface area contributed by atoms with Crippen LogP contribution in [-0.4, -0.2) is 36.9 Å². The summed E-state index contributed by atoms with van der Waals surface area (Å²) in [6.07, 6.45) is 0.745. The first-order valence-corrected chi connectivity index (χ1v) is 26.7. The van der Waals surface area contributed by atoms with E-state index in [0.29, 0.717) is 41.4 Å². The summed E-state index contributed by atoms with van der Waals surface area (Å²) in [5.74, 6) is 0.843. The van der Waals surface area contributed by atoms with Crippen LogP contribution in [0.1, 0.15) is 77.3 Å². The number of nitrogens with one attached hydrogen (secondary N) is 3. The Balaban J connectivity index is 0.951. The molecule has 9 aromatic carbocycles. The molecular formula is C68H63N3O9. The monoisotopic (exact) mass is 1070 g/mol. The molecule has 404 valence electrons. The molecule has 80 heavy (non-hydrogen) atoms. The molecule has 0 aromatic heterocycles. The lowest BCUT2D eigenvalue weighted by Gasteiger charge is -2.22. The van der Waals surface area contributed by atoms with Crippen LogP contribution in [0.4, 0.5) is 0 Å². The topological polar surface area (TPSA) is 143 Å². The molecule has 9 aromatic rings. The zero-order chi connectivity index (χ0) is 55.0. The average Bonchev–Trinajstić information content (AvgIpc) is 3.51. The second kappa shape index (κ2) is 29.1. The Morgan fingerprint density at radius 1 is 0.312 bits per heavy atom. The first kappa shape index (κ1) is 55.0. The molecule has 1 atom stereocenters. The fourth-order valence-corrected chi connectivity index (χ4v) is 8.71. The van der Waals surface area contributed by atoms with Gasteiger partial charge in [0.1, 0.15) is 39.6 Å². The number of rotatable bonds is 28. The number of amides is 3. The summed E-state index contributed by atoms with van der Waals surface area (Å²) in [7, 11) is 0. The Hall–Kier alpha value is -9.81. The molecule has 3 amide bonds. The van der Waals surface area contributed by atoms with Crippen LogP contribution >= 0.6 is 0 Å². The van der Waals surface area contributed by atoms with Crippen LogP contribution in [0.3, 0.4) is 0 Å². The minimum atomic E-state index is -0.648. The number of hydrogen-bond donors (Lipinski definition) is 3. The van der Waals surface area contributed by atoms with Crippen molar-refractivity contribution in [1.82, 2.24) is 16.0 Å². The Bertz CT molecular complexity index is 3370. The lowest BCUT2D eigenvalue weighted by Crippen LogP contribution is -2.44. The van der Waals surface area contributed by atoms with E-state index in [1.54, 1.807) is 54.6 Å². The van der Waals surface area contributed by atoms with Crippen LogP contribution in [0.2, 0.25) is 0 Å². The lowest BCUT2D eigenvalue weighted by atomic mass is 10.1. The molecule has 0 radical (unpaired) electrons. The van der Waals surface area contributed by atoms with Crippen molar-refractivity contribution >= 4 is 17.7 Å². The number of carbonyl (C=O) groups is 3. The highest BCUT2D eigenvalue weighted by Crippen LogP contribution is 2.36. The zero-order valence-corrected chi connectivity index (χ0v) is 44.3. The van der Waals surface area contributed by atoms with Crippen molar-refractivity contribution in [2.75, 3.05) is 13.1 Å². The zero-order valence-electron chi connectivity index (χ0n) is 44.3. The van der Waals surface area contributed by atoms with Gasteiger partial charge in [0.2, 0.25) is 0 Å². The van der Waals surface area contributed by atoms with Crippen molar-refractivity contribution in [3.05, 3.63) is 287 Å². The maximum Gasteiger partial charge on any atom is 0.255 e. The predicted molar refractivity (Wildman–Crippen MR) is 309 cm³/mol. The van der Waals surface area contributed by atoms with Crippen LogP contribution in [-0.2, 0) is 39.6 Å². The molecule has 12 heteroatoms. The minimum absolute atomic E-state index is 0.00835. The van der Waals surface area contributed by atoms with E-state index in [0.717, 1.165) is 33.4 Å². The summed E-state index contributed by atoms with van der Waals surface area (Å²) in [5, 5.41) is 9.35. The molecule has 9 rings (SSSR count). The molecule has 0 aliphatic carbocycles. The smallest absolute Gasteiger partial charge is 0.255 e. The molecule has 0 aliphatic rings. The van der Waals surface area contributed by atoms with E-state index in [2.05, 4.69) is 16.0 Å². The fourth-order valence-electron chi connectivity index (χ4n) is 8.71. The van der Waals surface area contributed by atoms with Gasteiger partial charge < -0.3 is 44.4 Å². The van der Waals surface area contributed by atoms with E-state index in [1.807, 2.05) is 182 Å². The number of ether oxygens (including phenoxy) is 6. The SMILES string of the molecule is O=C(NCCC[C@H](CNC(=O)c1cccc(OCc2ccccc2)c1OCc1ccccc1)NC(=O)c1cccc(OCc2ccccc2)c1OCc1ccccc1)c1cccc(OCc2ccccc2)c1OCc1ccccc1. The van der Waals surface area contributed by atoms with Gasteiger partial charge in [-0.25, -0.2) is 0 Å². The van der Waals surface area contributed by atoms with Crippen LogP contribution in [0.5, 0.6) is 34.5 Å². The highest BCUT2D eigenvalue weighted by molar-refractivity contribution is 5.99. The highest BCUT2D eigenvalue weighted by Gasteiger charge is 2.25. The van der Waals surface area contributed by atoms with Gasteiger partial charge >= 0.3 is 0 Å². The van der Waals surface area contributed by atoms with Gasteiger partial charge in [0, 0.05) is 19.1 Å². The molecule has 0 spiro atoms. The van der Waals surface area contributed by atoms with Crippen LogP contribution in [0.15, 0.2) is 237 Å². The first-order valence-electron chi connectivity index (χ1n) is 26.7. The van der Waals surface area contributed by atoms with Crippen molar-refractivity contribution in [2.45, 2.75) is 58.5 Å². The van der Waals surface area contributed by atoms with Gasteiger partial charge in [-0.1, -0.05) is 200 Å². The third-order valence-electron chi connectivity index (χ3n) is 12.9. The van der Waals surface area contributed by atoms with Gasteiger partial charge in [0.25, 0.3) is 17.7 Å². The van der Waals surface area contributed by atoms with Gasteiger partial charge in [-0.15, -0.1) is 0 Å². The van der Waals surface area contributed by atoms with Gasteiger partial charge in [-0.3, -0.25) is 14.4 Å². The molecule has 3 N–H and O–H groups in total. The number of para-hydroxylation sites is 3. The minimum Gasteiger partial charge on any atom is -0.485 e. The third-order valence-corrected chi connectivity index (χ3v) is 12.9. The number of carbonyl (C=O) groups excluding carboxylic acids is 3. The molecule has 0 saturated carbocycles. The van der Waals surface area contributed by atoms with Crippen LogP contribution in [0.25, 0.3) is 0 Å². The Labute approximate surface area is 467 Å². The number of hydrogen-bond acceptors (Lipinski definition) is 9. The summed E-state index contributed by atoms with van der Waals surface area (Å²) in [4.78, 5) is 43.4. The van der Waals surface area contributed by atoms with Crippen LogP contribution in [0, 0.1) is 0 Å². The van der Waals surface area contributed by atoms with Gasteiger partial charge in [0.05, 0.1) is 16.7 Å². The predicted octanol–water partition coefficient (Wildman–Crippen LogP) is 12.9. The largest absolute Gasteiger partial charge is 0.485 e. The van der Waals surface area contributed by atoms with Gasteiger partial charge in [-0.05, 0) is 82.6 Å². The third kappa shape index (κ3) is 16.1. The molecule has 12 nitrogen and oxygen atoms in total. The molecule has 0 saturated heterocycles. The Kier molecular flexibility index (Phi) is 20.0. The standard InChI is InChI=1S/C68H63N3O9/c72-66(57-36-19-39-60(75-44-50-23-7-1-8-24-50)63(57)78-47-53-29-13-4-14-30-53)69-42-22-35-56(71-68(74)59-38-21-41-62(77-46-52-27-11-3-12-28-52)65(59)80-49-55-33-17-6-18-34-55)43-70-67(73)58-37-20-40-61(76-45-51-25-9-2-10-26-51)64(58)79-48-54-31-15-5-16-32-54/h1-21,23-34,36-41,56H,22,35,42-49H2,(H,69,72)(H,70,73)(H,71,74)/t56-/m1/s1. The van der Waals surface area contributed by atoms with E-state index in [4.69, 9.17) is 28.4 Å². The summed E-state index contributed by atoms with van der Waals surface area (Å²) in [5.41, 5.74) is 6.41. The molecular weight excluding hydrogens is 1000 g/mol. The molecule has 0 heterocycles. The molecule has 0 bridgehead atoms. The molecule has 0 aliphatic heterocycles. The van der Waals surface area contributed by atoms with E-state index >= 15 is 0 Å². The van der Waals surface area contributed by atoms with Crippen molar-refractivity contribution in [3.63, 3.8) is 0 Å². The van der Waals surface area contributed by atoms with Crippen molar-refractivity contribution in [2.24, 2.45) is 0 Å². The maximum atomic E-state index is 14.7. The average molecular weight is 1070 g/mol. The highest BCUT2D eigenvalue weighted by atomic mass is 16.5. The summed E-state index contributed by atoms with van der Waals surface area (Å²) in [6.45, 7) is 1.58. The van der Waals surface area contributed by atoms with Crippen molar-refractivity contribution < 1.29 is 42.8 Å². The normalized spacial score (nSPS) is 11.1. The van der Waals surface area contributed by atoms with Gasteiger partial charge in [0.15, 0.2) is 34.5 Å². The van der Waals surface area contributed by atoms with E-state index < -0.39 is 17.9 Å². The first-order chi connectivity index (χ1) is 39.4. The van der Waals surface area contributed by atoms with E-state index in [-0.39, 0.29) is 81.3 Å². The Morgan fingerprint density at radius 2 is 0.600 bits per heavy atom. The quantitative estimate of drug-likeness (QED) is 0.0409. The second-order valence-corrected chi connectivity index (χ2v) is 18.8. The molecule has 0 unspecified atom stereocenters. The second-order valence-electron chi connectivity index (χ2n) is 18.8. The summed E-state index contributed by atoms with van der Waals surface area (Å²) < 4.78 is 38.1. The van der Waals surface area contributed by atoms with E-state index in [1.165, 1.54) is 0 Å². The van der Waals surface area contributed by atoms with E-state index in [9.17, 15) is 14.4 Å². The van der Waals surface area contributed by atoms with Crippen molar-refractivity contribution in [3.8, 4) is 34.5 Å².